The Hall–Kier alpha value is -0.970. The van der Waals surface area contributed by atoms with Crippen LogP contribution >= 0.6 is 0 Å². The second-order valence-corrected chi connectivity index (χ2v) is 5.63. The fraction of sp³-hybridized carbons (Fsp3) is 0.643. The van der Waals surface area contributed by atoms with Gasteiger partial charge in [-0.3, -0.25) is 9.88 Å². The normalized spacial score (nSPS) is 31.2. The maximum absolute atomic E-state index is 9.88. The molecule has 2 fully saturated rings. The van der Waals surface area contributed by atoms with Crippen LogP contribution in [0.1, 0.15) is 24.8 Å². The van der Waals surface area contributed by atoms with Crippen molar-refractivity contribution in [2.45, 2.75) is 38.0 Å². The van der Waals surface area contributed by atoms with Crippen LogP contribution in [0.15, 0.2) is 24.5 Å². The monoisotopic (exact) mass is 248 g/mol. The summed E-state index contributed by atoms with van der Waals surface area (Å²) in [5.41, 5.74) is 1.07. The number of aliphatic hydroxyl groups is 2. The van der Waals surface area contributed by atoms with Crippen molar-refractivity contribution in [1.29, 1.82) is 0 Å². The van der Waals surface area contributed by atoms with Gasteiger partial charge in [0.15, 0.2) is 0 Å². The van der Waals surface area contributed by atoms with E-state index in [0.717, 1.165) is 32.5 Å². The zero-order valence-corrected chi connectivity index (χ0v) is 10.5. The fourth-order valence-electron chi connectivity index (χ4n) is 3.28. The van der Waals surface area contributed by atoms with E-state index in [-0.39, 0.29) is 17.6 Å². The van der Waals surface area contributed by atoms with E-state index in [4.69, 9.17) is 0 Å². The molecule has 2 heterocycles. The molecule has 0 radical (unpaired) electrons. The van der Waals surface area contributed by atoms with Crippen LogP contribution in [0.5, 0.6) is 0 Å². The molecule has 4 nitrogen and oxygen atoms in total. The lowest BCUT2D eigenvalue weighted by Crippen LogP contribution is -2.61. The molecular formula is C14H20N2O2. The van der Waals surface area contributed by atoms with Crippen molar-refractivity contribution in [2.24, 2.45) is 5.41 Å². The molecule has 3 rings (SSSR count). The molecule has 4 heteroatoms. The third kappa shape index (κ3) is 1.94. The van der Waals surface area contributed by atoms with Crippen molar-refractivity contribution in [3.8, 4) is 0 Å². The summed E-state index contributed by atoms with van der Waals surface area (Å²) in [5, 5.41) is 19.8. The first-order valence-electron chi connectivity index (χ1n) is 6.68. The summed E-state index contributed by atoms with van der Waals surface area (Å²) in [6.07, 6.45) is 5.41. The lowest BCUT2D eigenvalue weighted by atomic mass is 9.58. The number of pyridine rings is 1. The first kappa shape index (κ1) is 12.1. The van der Waals surface area contributed by atoms with Gasteiger partial charge in [0.2, 0.25) is 0 Å². The highest BCUT2D eigenvalue weighted by Gasteiger charge is 2.54. The van der Waals surface area contributed by atoms with Crippen LogP contribution in [0, 0.1) is 5.41 Å². The zero-order chi connectivity index (χ0) is 12.6. The van der Waals surface area contributed by atoms with E-state index in [2.05, 4.69) is 9.88 Å². The maximum Gasteiger partial charge on any atom is 0.0647 e. The number of piperidine rings is 1. The average Bonchev–Trinajstić information content (AvgIpc) is 2.41. The Morgan fingerprint density at radius 3 is 2.33 bits per heavy atom. The predicted octanol–water partition coefficient (Wildman–Crippen LogP) is 0.789. The van der Waals surface area contributed by atoms with Crippen LogP contribution in [0.3, 0.4) is 0 Å². The Morgan fingerprint density at radius 2 is 1.78 bits per heavy atom. The van der Waals surface area contributed by atoms with Crippen molar-refractivity contribution in [3.05, 3.63) is 30.1 Å². The molecular weight excluding hydrogens is 228 g/mol. The van der Waals surface area contributed by atoms with Crippen LogP contribution in [-0.4, -0.2) is 45.4 Å². The minimum Gasteiger partial charge on any atom is -0.392 e. The Labute approximate surface area is 107 Å². The van der Waals surface area contributed by atoms with Crippen LogP contribution < -0.4 is 0 Å². The number of hydrogen-bond acceptors (Lipinski definition) is 4. The first-order valence-corrected chi connectivity index (χ1v) is 6.68. The topological polar surface area (TPSA) is 56.6 Å². The molecule has 1 aliphatic carbocycles. The molecule has 1 aromatic heterocycles. The van der Waals surface area contributed by atoms with E-state index in [1.165, 1.54) is 5.56 Å². The molecule has 1 spiro atoms. The van der Waals surface area contributed by atoms with Gasteiger partial charge >= 0.3 is 0 Å². The number of nitrogens with zero attached hydrogens (tertiary/aromatic N) is 2. The largest absolute Gasteiger partial charge is 0.392 e. The third-order valence-corrected chi connectivity index (χ3v) is 4.72. The molecule has 0 bridgehead atoms. The van der Waals surface area contributed by atoms with Crippen LogP contribution in [-0.2, 0) is 6.54 Å². The maximum atomic E-state index is 9.88. The second kappa shape index (κ2) is 4.61. The van der Waals surface area contributed by atoms with Gasteiger partial charge in [0, 0.05) is 30.8 Å². The molecule has 18 heavy (non-hydrogen) atoms. The molecule has 0 aromatic carbocycles. The SMILES string of the molecule is O[C@@H]1C[C@H](O)C12CCN(Cc1ccncc1)CC2. The van der Waals surface area contributed by atoms with Gasteiger partial charge in [0.05, 0.1) is 12.2 Å². The van der Waals surface area contributed by atoms with E-state index in [9.17, 15) is 10.2 Å². The molecule has 2 aliphatic rings. The molecule has 2 atom stereocenters. The zero-order valence-electron chi connectivity index (χ0n) is 10.5. The van der Waals surface area contributed by atoms with Crippen molar-refractivity contribution >= 4 is 0 Å². The van der Waals surface area contributed by atoms with Gasteiger partial charge in [-0.05, 0) is 43.6 Å². The van der Waals surface area contributed by atoms with Gasteiger partial charge in [-0.1, -0.05) is 0 Å². The number of likely N-dealkylation sites (tertiary alicyclic amines) is 1. The van der Waals surface area contributed by atoms with E-state index in [1.807, 2.05) is 24.5 Å². The smallest absolute Gasteiger partial charge is 0.0647 e. The lowest BCUT2D eigenvalue weighted by molar-refractivity contribution is -0.190. The Morgan fingerprint density at radius 1 is 1.17 bits per heavy atom. The highest BCUT2D eigenvalue weighted by Crippen LogP contribution is 2.49. The second-order valence-electron chi connectivity index (χ2n) is 5.63. The number of aliphatic hydroxyl groups excluding tert-OH is 2. The molecule has 1 aliphatic heterocycles. The Bertz CT molecular complexity index is 392. The summed E-state index contributed by atoms with van der Waals surface area (Å²) in [5.74, 6) is 0. The van der Waals surface area contributed by atoms with Gasteiger partial charge in [-0.2, -0.15) is 0 Å². The first-order chi connectivity index (χ1) is 8.71. The average molecular weight is 248 g/mol. The van der Waals surface area contributed by atoms with Gasteiger partial charge in [0.25, 0.3) is 0 Å². The highest BCUT2D eigenvalue weighted by molar-refractivity contribution is 5.11. The molecule has 1 saturated carbocycles. The summed E-state index contributed by atoms with van der Waals surface area (Å²) in [7, 11) is 0. The van der Waals surface area contributed by atoms with Gasteiger partial charge < -0.3 is 10.2 Å². The number of hydrogen-bond donors (Lipinski definition) is 2. The van der Waals surface area contributed by atoms with E-state index < -0.39 is 0 Å². The number of aromatic nitrogens is 1. The van der Waals surface area contributed by atoms with Crippen molar-refractivity contribution in [1.82, 2.24) is 9.88 Å². The van der Waals surface area contributed by atoms with Gasteiger partial charge in [-0.25, -0.2) is 0 Å². The minimum atomic E-state index is -0.296. The molecule has 98 valence electrons. The third-order valence-electron chi connectivity index (χ3n) is 4.72. The lowest BCUT2D eigenvalue weighted by Gasteiger charge is -2.55. The van der Waals surface area contributed by atoms with Gasteiger partial charge in [0.1, 0.15) is 0 Å². The van der Waals surface area contributed by atoms with Crippen molar-refractivity contribution in [3.63, 3.8) is 0 Å². The van der Waals surface area contributed by atoms with Crippen LogP contribution in [0.4, 0.5) is 0 Å². The molecule has 2 N–H and O–H groups in total. The van der Waals surface area contributed by atoms with Crippen molar-refractivity contribution in [2.75, 3.05) is 13.1 Å². The van der Waals surface area contributed by atoms with Gasteiger partial charge in [-0.15, -0.1) is 0 Å². The summed E-state index contributed by atoms with van der Waals surface area (Å²) < 4.78 is 0. The summed E-state index contributed by atoms with van der Waals surface area (Å²) in [6.45, 7) is 2.84. The number of rotatable bonds is 2. The quantitative estimate of drug-likeness (QED) is 0.812. The summed E-state index contributed by atoms with van der Waals surface area (Å²) >= 11 is 0. The van der Waals surface area contributed by atoms with E-state index in [0.29, 0.717) is 6.42 Å². The fourth-order valence-corrected chi connectivity index (χ4v) is 3.28. The molecule has 1 saturated heterocycles. The van der Waals surface area contributed by atoms with Crippen LogP contribution in [0.25, 0.3) is 0 Å². The standard InChI is InChI=1S/C14H20N2O2/c17-12-9-13(18)14(12)3-7-16(8-4-14)10-11-1-5-15-6-2-11/h1-2,5-6,12-13,17-18H,3-4,7-10H2/t12-,13+. The van der Waals surface area contributed by atoms with Crippen LogP contribution in [0.2, 0.25) is 0 Å². The van der Waals surface area contributed by atoms with Crippen molar-refractivity contribution < 1.29 is 10.2 Å². The predicted molar refractivity (Wildman–Crippen MR) is 67.8 cm³/mol. The van der Waals surface area contributed by atoms with E-state index >= 15 is 0 Å². The highest BCUT2D eigenvalue weighted by atomic mass is 16.3. The Kier molecular flexibility index (Phi) is 3.09. The Balaban J connectivity index is 1.58. The minimum absolute atomic E-state index is 0.200. The molecule has 0 amide bonds. The molecule has 0 unspecified atom stereocenters. The summed E-state index contributed by atoms with van der Waals surface area (Å²) in [6, 6.07) is 4.08. The van der Waals surface area contributed by atoms with E-state index in [1.54, 1.807) is 0 Å². The summed E-state index contributed by atoms with van der Waals surface area (Å²) in [4.78, 5) is 6.41. The molecule has 1 aromatic rings.